The van der Waals surface area contributed by atoms with E-state index in [0.29, 0.717) is 0 Å². The van der Waals surface area contributed by atoms with Gasteiger partial charge in [0.05, 0.1) is 6.61 Å². The van der Waals surface area contributed by atoms with Crippen molar-refractivity contribution in [3.05, 3.63) is 0 Å². The third kappa shape index (κ3) is 8.58. The maximum Gasteiger partial charge on any atom is 0.0593 e. The van der Waals surface area contributed by atoms with Gasteiger partial charge in [0.1, 0.15) is 0 Å². The van der Waals surface area contributed by atoms with Crippen LogP contribution in [0.25, 0.3) is 0 Å². The third-order valence-electron chi connectivity index (χ3n) is 3.20. The molecular weight excluding hydrogens is 212 g/mol. The molecule has 0 radical (unpaired) electrons. The smallest absolute Gasteiger partial charge is 0.0593 e. The normalized spacial score (nSPS) is 17.8. The number of hydrogen-bond donors (Lipinski definition) is 1. The number of likely N-dealkylation sites (tertiary alicyclic amines) is 1. The largest absolute Gasteiger partial charge is 0.380 e. The van der Waals surface area contributed by atoms with Crippen LogP contribution in [0, 0.1) is 5.92 Å². The Kier molecular flexibility index (Phi) is 8.67. The number of nitrogens with zero attached hydrogens (tertiary/aromatic N) is 1. The highest BCUT2D eigenvalue weighted by Gasteiger charge is 2.08. The van der Waals surface area contributed by atoms with Gasteiger partial charge >= 0.3 is 0 Å². The fourth-order valence-electron chi connectivity index (χ4n) is 2.17. The second-order valence-electron chi connectivity index (χ2n) is 5.47. The van der Waals surface area contributed by atoms with E-state index in [1.54, 1.807) is 0 Å². The number of nitrogens with one attached hydrogen (secondary N) is 1. The van der Waals surface area contributed by atoms with Gasteiger partial charge in [0.25, 0.3) is 0 Å². The molecule has 0 aromatic carbocycles. The standard InChI is InChI=1S/C14H30N2O/c1-14(2)13-15-7-6-11-17-12-10-16-8-4-3-5-9-16/h14-15H,3-13H2,1-2H3. The molecule has 1 heterocycles. The molecule has 0 bridgehead atoms. The molecule has 0 aliphatic carbocycles. The minimum absolute atomic E-state index is 0.745. The molecule has 1 N–H and O–H groups in total. The maximum atomic E-state index is 5.66. The van der Waals surface area contributed by atoms with Gasteiger partial charge in [-0.3, -0.25) is 0 Å². The molecule has 0 amide bonds. The minimum atomic E-state index is 0.745. The Morgan fingerprint density at radius 1 is 1.12 bits per heavy atom. The number of ether oxygens (including phenoxy) is 1. The highest BCUT2D eigenvalue weighted by Crippen LogP contribution is 2.07. The molecule has 102 valence electrons. The molecule has 0 unspecified atom stereocenters. The fraction of sp³-hybridized carbons (Fsp3) is 1.00. The van der Waals surface area contributed by atoms with Crippen LogP contribution in [0.1, 0.15) is 39.5 Å². The summed E-state index contributed by atoms with van der Waals surface area (Å²) in [7, 11) is 0. The summed E-state index contributed by atoms with van der Waals surface area (Å²) < 4.78 is 5.66. The average molecular weight is 242 g/mol. The first-order valence-corrected chi connectivity index (χ1v) is 7.30. The molecule has 3 nitrogen and oxygen atoms in total. The lowest BCUT2D eigenvalue weighted by Crippen LogP contribution is -2.32. The van der Waals surface area contributed by atoms with Crippen molar-refractivity contribution in [3.63, 3.8) is 0 Å². The zero-order valence-corrected chi connectivity index (χ0v) is 11.7. The number of rotatable bonds is 9. The van der Waals surface area contributed by atoms with Crippen molar-refractivity contribution in [2.24, 2.45) is 5.92 Å². The summed E-state index contributed by atoms with van der Waals surface area (Å²) in [6.45, 7) is 12.2. The van der Waals surface area contributed by atoms with Gasteiger partial charge in [0.2, 0.25) is 0 Å². The molecule has 1 aliphatic heterocycles. The second-order valence-corrected chi connectivity index (χ2v) is 5.47. The summed E-state index contributed by atoms with van der Waals surface area (Å²) in [5.74, 6) is 0.745. The highest BCUT2D eigenvalue weighted by atomic mass is 16.5. The van der Waals surface area contributed by atoms with Gasteiger partial charge in [-0.2, -0.15) is 0 Å². The molecule has 0 spiro atoms. The van der Waals surface area contributed by atoms with E-state index in [4.69, 9.17) is 4.74 Å². The second kappa shape index (κ2) is 9.86. The Balaban J connectivity index is 1.78. The van der Waals surface area contributed by atoms with Crippen LogP contribution in [-0.4, -0.2) is 50.8 Å². The van der Waals surface area contributed by atoms with Crippen molar-refractivity contribution < 1.29 is 4.74 Å². The Labute approximate surface area is 107 Å². The van der Waals surface area contributed by atoms with E-state index in [-0.39, 0.29) is 0 Å². The van der Waals surface area contributed by atoms with Gasteiger partial charge in [-0.25, -0.2) is 0 Å². The summed E-state index contributed by atoms with van der Waals surface area (Å²) >= 11 is 0. The molecule has 0 atom stereocenters. The monoisotopic (exact) mass is 242 g/mol. The SMILES string of the molecule is CC(C)CNCCCOCCN1CCCCC1. The molecular formula is C14H30N2O. The quantitative estimate of drug-likeness (QED) is 0.627. The average Bonchev–Trinajstić information content (AvgIpc) is 2.33. The molecule has 17 heavy (non-hydrogen) atoms. The Morgan fingerprint density at radius 3 is 2.59 bits per heavy atom. The van der Waals surface area contributed by atoms with Gasteiger partial charge in [0, 0.05) is 13.2 Å². The molecule has 1 rings (SSSR count). The van der Waals surface area contributed by atoms with Crippen LogP contribution in [0.4, 0.5) is 0 Å². The molecule has 0 saturated carbocycles. The van der Waals surface area contributed by atoms with Crippen molar-refractivity contribution in [3.8, 4) is 0 Å². The Morgan fingerprint density at radius 2 is 1.88 bits per heavy atom. The van der Waals surface area contributed by atoms with E-state index in [2.05, 4.69) is 24.1 Å². The predicted molar refractivity (Wildman–Crippen MR) is 73.4 cm³/mol. The zero-order chi connectivity index (χ0) is 12.3. The van der Waals surface area contributed by atoms with E-state index in [1.807, 2.05) is 0 Å². The molecule has 1 aliphatic rings. The summed E-state index contributed by atoms with van der Waals surface area (Å²) in [5, 5.41) is 3.43. The first-order valence-electron chi connectivity index (χ1n) is 7.30. The Hall–Kier alpha value is -0.120. The van der Waals surface area contributed by atoms with Crippen LogP contribution >= 0.6 is 0 Å². The van der Waals surface area contributed by atoms with Crippen molar-refractivity contribution >= 4 is 0 Å². The molecule has 0 aromatic rings. The van der Waals surface area contributed by atoms with Gasteiger partial charge < -0.3 is 15.0 Å². The minimum Gasteiger partial charge on any atom is -0.380 e. The van der Waals surface area contributed by atoms with Crippen LogP contribution in [-0.2, 0) is 4.74 Å². The van der Waals surface area contributed by atoms with E-state index in [0.717, 1.165) is 45.2 Å². The summed E-state index contributed by atoms with van der Waals surface area (Å²) in [6, 6.07) is 0. The van der Waals surface area contributed by atoms with Crippen LogP contribution < -0.4 is 5.32 Å². The van der Waals surface area contributed by atoms with Gasteiger partial charge in [-0.1, -0.05) is 20.3 Å². The first-order chi connectivity index (χ1) is 8.29. The molecule has 1 saturated heterocycles. The Bertz CT molecular complexity index is 168. The summed E-state index contributed by atoms with van der Waals surface area (Å²) in [4.78, 5) is 2.53. The van der Waals surface area contributed by atoms with E-state index >= 15 is 0 Å². The zero-order valence-electron chi connectivity index (χ0n) is 11.7. The first kappa shape index (κ1) is 14.9. The van der Waals surface area contributed by atoms with Crippen LogP contribution in [0.2, 0.25) is 0 Å². The molecule has 0 aromatic heterocycles. The van der Waals surface area contributed by atoms with E-state index in [9.17, 15) is 0 Å². The van der Waals surface area contributed by atoms with Gasteiger partial charge in [-0.05, 0) is 51.4 Å². The fourth-order valence-corrected chi connectivity index (χ4v) is 2.17. The molecule has 1 fully saturated rings. The third-order valence-corrected chi connectivity index (χ3v) is 3.20. The van der Waals surface area contributed by atoms with E-state index in [1.165, 1.54) is 32.4 Å². The maximum absolute atomic E-state index is 5.66. The van der Waals surface area contributed by atoms with Crippen molar-refractivity contribution in [2.75, 3.05) is 45.9 Å². The lowest BCUT2D eigenvalue weighted by atomic mass is 10.1. The number of piperidine rings is 1. The van der Waals surface area contributed by atoms with Crippen molar-refractivity contribution in [1.82, 2.24) is 10.2 Å². The predicted octanol–water partition coefficient (Wildman–Crippen LogP) is 2.12. The van der Waals surface area contributed by atoms with Gasteiger partial charge in [-0.15, -0.1) is 0 Å². The molecule has 3 heteroatoms. The van der Waals surface area contributed by atoms with Crippen LogP contribution in [0.5, 0.6) is 0 Å². The summed E-state index contributed by atoms with van der Waals surface area (Å²) in [5.41, 5.74) is 0. The highest BCUT2D eigenvalue weighted by molar-refractivity contribution is 4.63. The van der Waals surface area contributed by atoms with Crippen LogP contribution in [0.15, 0.2) is 0 Å². The summed E-state index contributed by atoms with van der Waals surface area (Å²) in [6.07, 6.45) is 5.30. The topological polar surface area (TPSA) is 24.5 Å². The van der Waals surface area contributed by atoms with Crippen molar-refractivity contribution in [1.29, 1.82) is 0 Å². The van der Waals surface area contributed by atoms with Gasteiger partial charge in [0.15, 0.2) is 0 Å². The van der Waals surface area contributed by atoms with Crippen molar-refractivity contribution in [2.45, 2.75) is 39.5 Å². The number of hydrogen-bond acceptors (Lipinski definition) is 3. The van der Waals surface area contributed by atoms with Crippen LogP contribution in [0.3, 0.4) is 0 Å². The lowest BCUT2D eigenvalue weighted by Gasteiger charge is -2.26. The van der Waals surface area contributed by atoms with E-state index < -0.39 is 0 Å². The lowest BCUT2D eigenvalue weighted by molar-refractivity contribution is 0.0949.